The molecule has 0 aromatic heterocycles. The van der Waals surface area contributed by atoms with E-state index in [9.17, 15) is 32.4 Å². The summed E-state index contributed by atoms with van der Waals surface area (Å²) in [5, 5.41) is 5.20. The first kappa shape index (κ1) is 35.5. The zero-order valence-electron chi connectivity index (χ0n) is 28.5. The maximum absolute atomic E-state index is 14.4. The third-order valence-corrected chi connectivity index (χ3v) is 11.2. The summed E-state index contributed by atoms with van der Waals surface area (Å²) in [7, 11) is -3.88. The van der Waals surface area contributed by atoms with Gasteiger partial charge in [-0.2, -0.15) is 0 Å². The second-order valence-corrected chi connectivity index (χ2v) is 17.4. The van der Waals surface area contributed by atoms with E-state index in [0.29, 0.717) is 24.9 Å². The van der Waals surface area contributed by atoms with E-state index in [-0.39, 0.29) is 31.8 Å². The van der Waals surface area contributed by atoms with Crippen molar-refractivity contribution >= 4 is 39.6 Å². The summed E-state index contributed by atoms with van der Waals surface area (Å²) >= 11 is 0. The summed E-state index contributed by atoms with van der Waals surface area (Å²) < 4.78 is 32.8. The van der Waals surface area contributed by atoms with Crippen LogP contribution in [0.1, 0.15) is 83.1 Å². The number of hydrogen-bond acceptors (Lipinski definition) is 9. The normalized spacial score (nSPS) is 26.0. The number of carbonyl (C=O) groups is 5. The van der Waals surface area contributed by atoms with Crippen LogP contribution in [-0.2, 0) is 40.5 Å². The van der Waals surface area contributed by atoms with Crippen molar-refractivity contribution in [1.29, 1.82) is 0 Å². The van der Waals surface area contributed by atoms with Gasteiger partial charge in [-0.25, -0.2) is 8.42 Å². The Morgan fingerprint density at radius 2 is 1.77 bits per heavy atom. The van der Waals surface area contributed by atoms with Gasteiger partial charge in [0, 0.05) is 24.6 Å². The number of nitrogens with one attached hydrogen (secondary N) is 3. The van der Waals surface area contributed by atoms with Gasteiger partial charge < -0.3 is 19.9 Å². The molecule has 0 bridgehead atoms. The molecule has 5 rings (SSSR count). The first-order valence-corrected chi connectivity index (χ1v) is 18.0. The zero-order valence-corrected chi connectivity index (χ0v) is 29.3. The van der Waals surface area contributed by atoms with Crippen LogP contribution in [0.5, 0.6) is 0 Å². The lowest BCUT2D eigenvalue weighted by Gasteiger charge is -2.36. The summed E-state index contributed by atoms with van der Waals surface area (Å²) in [6.07, 6.45) is 2.67. The van der Waals surface area contributed by atoms with Gasteiger partial charge in [0.05, 0.1) is 23.9 Å². The van der Waals surface area contributed by atoms with E-state index in [1.807, 2.05) is 32.9 Å². The van der Waals surface area contributed by atoms with Gasteiger partial charge in [0.15, 0.2) is 0 Å². The van der Waals surface area contributed by atoms with Crippen LogP contribution in [0.15, 0.2) is 36.9 Å². The molecule has 1 saturated heterocycles. The maximum Gasteiger partial charge on any atom is 0.320 e. The molecule has 4 aliphatic rings. The molecule has 1 aromatic carbocycles. The fourth-order valence-corrected chi connectivity index (χ4v) is 7.98. The molecule has 14 heteroatoms. The van der Waals surface area contributed by atoms with Gasteiger partial charge in [0.1, 0.15) is 17.2 Å². The number of hydrogen-bond donors (Lipinski definition) is 3. The Bertz CT molecular complexity index is 1630. The second-order valence-electron chi connectivity index (χ2n) is 15.4. The predicted octanol–water partition coefficient (Wildman–Crippen LogP) is 1.63. The average Bonchev–Trinajstić information content (AvgIpc) is 3.88. The molecule has 3 N–H and O–H groups in total. The van der Waals surface area contributed by atoms with Crippen molar-refractivity contribution in [2.75, 3.05) is 13.1 Å². The van der Waals surface area contributed by atoms with Gasteiger partial charge in [0.2, 0.25) is 21.8 Å². The SMILES string of the molecule is C=C[C@@H]1C[C@]1(NC(=O)[C@@H]1C[C@@H](N2Cc3ccccc3C2=O)CN1C(=O)[C@@H](NCC(=O)OC(C)(C)C)C(C)(C)C)C(=O)NS(=O)(=O)C1CC1. The molecular weight excluding hydrogens is 638 g/mol. The number of amides is 4. The van der Waals surface area contributed by atoms with E-state index in [1.54, 1.807) is 37.8 Å². The highest BCUT2D eigenvalue weighted by molar-refractivity contribution is 7.91. The van der Waals surface area contributed by atoms with Crippen LogP contribution in [-0.4, -0.2) is 95.4 Å². The summed E-state index contributed by atoms with van der Waals surface area (Å²) in [5.41, 5.74) is -1.56. The highest BCUT2D eigenvalue weighted by Crippen LogP contribution is 2.45. The number of benzene rings is 1. The van der Waals surface area contributed by atoms with Crippen LogP contribution in [0.25, 0.3) is 0 Å². The number of likely N-dealkylation sites (tertiary alicyclic amines) is 1. The van der Waals surface area contributed by atoms with Gasteiger partial charge in [-0.1, -0.05) is 45.0 Å². The lowest BCUT2D eigenvalue weighted by atomic mass is 9.85. The minimum atomic E-state index is -3.88. The Morgan fingerprint density at radius 3 is 2.33 bits per heavy atom. The molecule has 5 atom stereocenters. The smallest absolute Gasteiger partial charge is 0.320 e. The summed E-state index contributed by atoms with van der Waals surface area (Å²) in [6, 6.07) is 4.70. The van der Waals surface area contributed by atoms with Crippen molar-refractivity contribution in [2.24, 2.45) is 11.3 Å². The van der Waals surface area contributed by atoms with Crippen LogP contribution in [0.3, 0.4) is 0 Å². The molecule has 0 radical (unpaired) electrons. The third kappa shape index (κ3) is 7.29. The first-order valence-electron chi connectivity index (χ1n) is 16.4. The van der Waals surface area contributed by atoms with Gasteiger partial charge in [-0.15, -0.1) is 6.58 Å². The van der Waals surface area contributed by atoms with Crippen molar-refractivity contribution in [1.82, 2.24) is 25.2 Å². The summed E-state index contributed by atoms with van der Waals surface area (Å²) in [5.74, 6) is -3.19. The molecule has 2 saturated carbocycles. The molecule has 13 nitrogen and oxygen atoms in total. The monoisotopic (exact) mass is 685 g/mol. The highest BCUT2D eigenvalue weighted by atomic mass is 32.2. The van der Waals surface area contributed by atoms with E-state index in [4.69, 9.17) is 4.74 Å². The molecule has 2 aliphatic carbocycles. The van der Waals surface area contributed by atoms with Crippen LogP contribution < -0.4 is 15.4 Å². The fraction of sp³-hybridized carbons (Fsp3) is 0.618. The minimum absolute atomic E-state index is 0.0392. The van der Waals surface area contributed by atoms with E-state index in [0.717, 1.165) is 5.56 Å². The van der Waals surface area contributed by atoms with E-state index in [1.165, 1.54) is 11.0 Å². The fourth-order valence-electron chi connectivity index (χ4n) is 6.62. The number of nitrogens with zero attached hydrogens (tertiary/aromatic N) is 2. The number of carbonyl (C=O) groups excluding carboxylic acids is 5. The zero-order chi connectivity index (χ0) is 35.4. The number of ether oxygens (including phenoxy) is 1. The average molecular weight is 686 g/mol. The molecular formula is C34H47N5O8S. The highest BCUT2D eigenvalue weighted by Gasteiger charge is 2.62. The van der Waals surface area contributed by atoms with Crippen molar-refractivity contribution in [3.8, 4) is 0 Å². The Balaban J connectivity index is 1.41. The van der Waals surface area contributed by atoms with E-state index >= 15 is 0 Å². The molecule has 0 spiro atoms. The molecule has 2 aliphatic heterocycles. The molecule has 0 unspecified atom stereocenters. The molecule has 262 valence electrons. The Hall–Kier alpha value is -3.78. The number of rotatable bonds is 11. The van der Waals surface area contributed by atoms with Crippen molar-refractivity contribution in [2.45, 2.75) is 108 Å². The van der Waals surface area contributed by atoms with Gasteiger partial charge in [-0.3, -0.25) is 34.0 Å². The van der Waals surface area contributed by atoms with Crippen LogP contribution in [0.4, 0.5) is 0 Å². The Morgan fingerprint density at radius 1 is 1.10 bits per heavy atom. The summed E-state index contributed by atoms with van der Waals surface area (Å²) in [4.78, 5) is 71.1. The lowest BCUT2D eigenvalue weighted by Crippen LogP contribution is -2.60. The molecule has 4 amide bonds. The predicted molar refractivity (Wildman–Crippen MR) is 177 cm³/mol. The molecule has 1 aromatic rings. The second kappa shape index (κ2) is 12.6. The maximum atomic E-state index is 14.4. The first-order chi connectivity index (χ1) is 22.3. The van der Waals surface area contributed by atoms with Gasteiger partial charge >= 0.3 is 5.97 Å². The van der Waals surface area contributed by atoms with Crippen molar-refractivity contribution < 1.29 is 37.1 Å². The quantitative estimate of drug-likeness (QED) is 0.231. The van der Waals surface area contributed by atoms with Crippen LogP contribution >= 0.6 is 0 Å². The number of sulfonamides is 1. The standard InChI is InChI=1S/C34H47N5O8S/c1-8-21-16-34(21,31(44)37-48(45,46)23-13-14-23)36-28(41)25-15-22(38-18-20-11-9-10-12-24(20)29(38)42)19-39(25)30(43)27(32(2,3)4)35-17-26(40)47-33(5,6)7/h8-12,21-23,25,27,35H,1,13-19H2,2-7H3,(H,36,41)(H,37,44)/t21-,22-,25+,27-,34-/m1/s1. The Kier molecular flexibility index (Phi) is 9.32. The topological polar surface area (TPSA) is 171 Å². The third-order valence-electron chi connectivity index (χ3n) is 9.39. The van der Waals surface area contributed by atoms with E-state index < -0.39 is 79.6 Å². The number of esters is 1. The molecule has 48 heavy (non-hydrogen) atoms. The van der Waals surface area contributed by atoms with Gasteiger partial charge in [-0.05, 0) is 63.5 Å². The lowest BCUT2D eigenvalue weighted by molar-refractivity contribution is -0.154. The number of fused-ring (bicyclic) bond motifs is 1. The molecule has 3 fully saturated rings. The van der Waals surface area contributed by atoms with Crippen LogP contribution in [0, 0.1) is 11.3 Å². The van der Waals surface area contributed by atoms with Crippen molar-refractivity contribution in [3.63, 3.8) is 0 Å². The van der Waals surface area contributed by atoms with Crippen molar-refractivity contribution in [3.05, 3.63) is 48.0 Å². The Labute approximate surface area is 282 Å². The van der Waals surface area contributed by atoms with Crippen LogP contribution in [0.2, 0.25) is 0 Å². The largest absolute Gasteiger partial charge is 0.459 e. The van der Waals surface area contributed by atoms with Gasteiger partial charge in [0.25, 0.3) is 11.8 Å². The summed E-state index contributed by atoms with van der Waals surface area (Å²) in [6.45, 7) is 14.6. The van der Waals surface area contributed by atoms with E-state index in [2.05, 4.69) is 21.9 Å². The minimum Gasteiger partial charge on any atom is -0.459 e. The molecule has 2 heterocycles.